The molecule has 0 saturated heterocycles. The van der Waals surface area contributed by atoms with Gasteiger partial charge >= 0.3 is 0 Å². The van der Waals surface area contributed by atoms with Crippen molar-refractivity contribution >= 4 is 44.1 Å². The summed E-state index contributed by atoms with van der Waals surface area (Å²) in [5.74, 6) is 0.833. The number of hydrogen-bond donors (Lipinski definition) is 0. The molecular formula is C44H39N. The highest BCUT2D eigenvalue weighted by Gasteiger charge is 2.21. The van der Waals surface area contributed by atoms with Crippen molar-refractivity contribution in [1.29, 1.82) is 0 Å². The van der Waals surface area contributed by atoms with Gasteiger partial charge in [-0.25, -0.2) is 0 Å². The van der Waals surface area contributed by atoms with Gasteiger partial charge in [-0.05, 0) is 110 Å². The second kappa shape index (κ2) is 13.3. The summed E-state index contributed by atoms with van der Waals surface area (Å²) in [6, 6.07) is 33.7. The van der Waals surface area contributed by atoms with Crippen LogP contribution in [-0.2, 0) is 0 Å². The zero-order chi connectivity index (χ0) is 30.4. The Kier molecular flexibility index (Phi) is 8.51. The lowest BCUT2D eigenvalue weighted by Gasteiger charge is -2.25. The lowest BCUT2D eigenvalue weighted by atomic mass is 9.79. The van der Waals surface area contributed by atoms with Crippen molar-refractivity contribution < 1.29 is 0 Å². The van der Waals surface area contributed by atoms with E-state index in [1.807, 2.05) is 6.20 Å². The summed E-state index contributed by atoms with van der Waals surface area (Å²) in [5, 5.41) is 7.87. The number of fused-ring (bicyclic) bond motifs is 6. The van der Waals surface area contributed by atoms with Gasteiger partial charge in [0.25, 0.3) is 0 Å². The van der Waals surface area contributed by atoms with Crippen LogP contribution in [0, 0.1) is 11.8 Å². The predicted molar refractivity (Wildman–Crippen MR) is 197 cm³/mol. The van der Waals surface area contributed by atoms with Crippen molar-refractivity contribution in [3.05, 3.63) is 164 Å². The molecule has 0 spiro atoms. The smallest absolute Gasteiger partial charge is 0.0261 e. The molecule has 5 aromatic carbocycles. The van der Waals surface area contributed by atoms with Crippen LogP contribution in [0.2, 0.25) is 0 Å². The van der Waals surface area contributed by atoms with Gasteiger partial charge in [-0.1, -0.05) is 134 Å². The second-order valence-corrected chi connectivity index (χ2v) is 12.2. The summed E-state index contributed by atoms with van der Waals surface area (Å²) in [5.41, 5.74) is 6.67. The first-order valence-corrected chi connectivity index (χ1v) is 16.3. The average Bonchev–Trinajstić information content (AvgIpc) is 3.08. The Morgan fingerprint density at radius 1 is 0.689 bits per heavy atom. The number of allylic oxidation sites excluding steroid dienone is 10. The fourth-order valence-electron chi connectivity index (χ4n) is 7.02. The van der Waals surface area contributed by atoms with Gasteiger partial charge in [0, 0.05) is 18.3 Å². The maximum Gasteiger partial charge on any atom is 0.0261 e. The molecule has 0 saturated carbocycles. The lowest BCUT2D eigenvalue weighted by Crippen LogP contribution is -2.09. The summed E-state index contributed by atoms with van der Waals surface area (Å²) < 4.78 is 0. The Morgan fingerprint density at radius 2 is 1.38 bits per heavy atom. The summed E-state index contributed by atoms with van der Waals surface area (Å²) in [6.07, 6.45) is 27.3. The number of benzene rings is 5. The van der Waals surface area contributed by atoms with E-state index < -0.39 is 0 Å². The third-order valence-electron chi connectivity index (χ3n) is 9.24. The number of hydrogen-bond acceptors (Lipinski definition) is 1. The van der Waals surface area contributed by atoms with Crippen molar-refractivity contribution in [2.75, 3.05) is 0 Å². The van der Waals surface area contributed by atoms with E-state index >= 15 is 0 Å². The molecule has 2 aliphatic carbocycles. The molecule has 0 radical (unpaired) electrons. The number of aliphatic imine (C=N–C) groups is 1. The fourth-order valence-corrected chi connectivity index (χ4v) is 7.02. The van der Waals surface area contributed by atoms with Crippen molar-refractivity contribution in [2.24, 2.45) is 16.8 Å². The number of nitrogens with zero attached hydrogens (tertiary/aromatic N) is 1. The average molecular weight is 582 g/mol. The van der Waals surface area contributed by atoms with Crippen LogP contribution in [0.3, 0.4) is 0 Å². The molecule has 2 unspecified atom stereocenters. The molecule has 0 bridgehead atoms. The second-order valence-electron chi connectivity index (χ2n) is 12.2. The molecule has 0 heterocycles. The first-order chi connectivity index (χ1) is 22.3. The maximum absolute atomic E-state index is 4.32. The topological polar surface area (TPSA) is 12.4 Å². The largest absolute Gasteiger partial charge is 0.265 e. The molecule has 220 valence electrons. The molecule has 2 aliphatic rings. The van der Waals surface area contributed by atoms with E-state index in [0.29, 0.717) is 11.8 Å². The van der Waals surface area contributed by atoms with Crippen LogP contribution in [0.25, 0.3) is 49.0 Å². The molecule has 45 heavy (non-hydrogen) atoms. The minimum Gasteiger partial charge on any atom is -0.265 e. The molecule has 2 atom stereocenters. The fraction of sp³-hybridized carbons (Fsp3) is 0.159. The normalized spacial score (nSPS) is 18.8. The Labute approximate surface area is 267 Å². The van der Waals surface area contributed by atoms with Gasteiger partial charge in [-0.2, -0.15) is 0 Å². The Morgan fingerprint density at radius 3 is 2.20 bits per heavy atom. The van der Waals surface area contributed by atoms with Crippen LogP contribution < -0.4 is 0 Å². The summed E-state index contributed by atoms with van der Waals surface area (Å²) in [7, 11) is 0. The molecule has 1 heteroatoms. The first kappa shape index (κ1) is 28.7. The third-order valence-corrected chi connectivity index (χ3v) is 9.24. The van der Waals surface area contributed by atoms with Crippen LogP contribution >= 0.6 is 0 Å². The predicted octanol–water partition coefficient (Wildman–Crippen LogP) is 12.2. The van der Waals surface area contributed by atoms with Crippen molar-refractivity contribution in [3.63, 3.8) is 0 Å². The highest BCUT2D eigenvalue weighted by atomic mass is 14.6. The van der Waals surface area contributed by atoms with Gasteiger partial charge in [0.15, 0.2) is 0 Å². The molecule has 0 aromatic heterocycles. The van der Waals surface area contributed by atoms with Crippen LogP contribution in [0.5, 0.6) is 0 Å². The maximum atomic E-state index is 4.32. The molecule has 7 rings (SSSR count). The van der Waals surface area contributed by atoms with Gasteiger partial charge in [0.2, 0.25) is 0 Å². The molecule has 5 aromatic rings. The molecular weight excluding hydrogens is 542 g/mol. The third kappa shape index (κ3) is 6.17. The van der Waals surface area contributed by atoms with Crippen molar-refractivity contribution in [2.45, 2.75) is 32.1 Å². The van der Waals surface area contributed by atoms with E-state index in [0.717, 1.165) is 32.1 Å². The van der Waals surface area contributed by atoms with E-state index in [1.165, 1.54) is 60.2 Å². The van der Waals surface area contributed by atoms with Gasteiger partial charge in [0.1, 0.15) is 0 Å². The minimum atomic E-state index is 0.406. The molecule has 0 amide bonds. The van der Waals surface area contributed by atoms with Crippen LogP contribution in [0.4, 0.5) is 0 Å². The highest BCUT2D eigenvalue weighted by molar-refractivity contribution is 6.26. The van der Waals surface area contributed by atoms with Crippen LogP contribution in [-0.4, -0.2) is 6.21 Å². The summed E-state index contributed by atoms with van der Waals surface area (Å²) >= 11 is 0. The Bertz CT molecular complexity index is 2050. The van der Waals surface area contributed by atoms with Crippen LogP contribution in [0.1, 0.15) is 37.7 Å². The molecule has 0 N–H and O–H groups in total. The first-order valence-electron chi connectivity index (χ1n) is 16.3. The molecule has 1 nitrogen and oxygen atoms in total. The minimum absolute atomic E-state index is 0.406. The quantitative estimate of drug-likeness (QED) is 0.103. The van der Waals surface area contributed by atoms with Gasteiger partial charge in [-0.15, -0.1) is 0 Å². The van der Waals surface area contributed by atoms with E-state index in [4.69, 9.17) is 0 Å². The monoisotopic (exact) mass is 581 g/mol. The molecule has 0 fully saturated rings. The van der Waals surface area contributed by atoms with E-state index in [2.05, 4.69) is 145 Å². The number of rotatable bonds is 7. The Hall–Kier alpha value is -5.01. The van der Waals surface area contributed by atoms with Crippen molar-refractivity contribution in [1.82, 2.24) is 0 Å². The van der Waals surface area contributed by atoms with E-state index in [1.54, 1.807) is 12.3 Å². The zero-order valence-electron chi connectivity index (χ0n) is 25.8. The van der Waals surface area contributed by atoms with E-state index in [9.17, 15) is 0 Å². The van der Waals surface area contributed by atoms with Crippen LogP contribution in [0.15, 0.2) is 163 Å². The summed E-state index contributed by atoms with van der Waals surface area (Å²) in [4.78, 5) is 4.32. The van der Waals surface area contributed by atoms with Gasteiger partial charge < -0.3 is 0 Å². The standard InChI is InChI=1S/C44H39N/c1-2-25-45-26-13-14-32-27-37(34-17-7-4-3-5-8-18-34)29-38(28-32)36-22-23-41-39-19-11-12-20-40(39)43-30-35(33-15-9-6-10-16-33)21-24-42(43)44(41)31-36/h2,4,6-13,15-16,18-27,29-32,34H,1,3,5,14,17,28H2. The van der Waals surface area contributed by atoms with Gasteiger partial charge in [-0.3, -0.25) is 4.99 Å². The SMILES string of the molecule is C=CC=NC=CCC1C=C(C2C=CCCC=CC2)C=C(c2ccc3c4ccccc4c4cc(-c5ccccc5)ccc4c3c2)C1. The lowest BCUT2D eigenvalue weighted by molar-refractivity contribution is 0.651. The summed E-state index contributed by atoms with van der Waals surface area (Å²) in [6.45, 7) is 3.73. The molecule has 0 aliphatic heterocycles. The van der Waals surface area contributed by atoms with Crippen molar-refractivity contribution in [3.8, 4) is 11.1 Å². The zero-order valence-corrected chi connectivity index (χ0v) is 25.8. The van der Waals surface area contributed by atoms with E-state index in [-0.39, 0.29) is 0 Å². The van der Waals surface area contributed by atoms with Gasteiger partial charge in [0.05, 0.1) is 0 Å². The Balaban J connectivity index is 1.34. The highest BCUT2D eigenvalue weighted by Crippen LogP contribution is 2.41.